The lowest BCUT2D eigenvalue weighted by molar-refractivity contribution is 0.861. The third-order valence-corrected chi connectivity index (χ3v) is 1.29. The maximum Gasteiger partial charge on any atom is 0.127 e. The van der Waals surface area contributed by atoms with Crippen LogP contribution in [0.15, 0.2) is 24.8 Å². The summed E-state index contributed by atoms with van der Waals surface area (Å²) in [6.45, 7) is 0. The Kier molecular flexibility index (Phi) is 1.69. The molecule has 2 rings (SSSR count). The van der Waals surface area contributed by atoms with Gasteiger partial charge in [-0.2, -0.15) is 0 Å². The zero-order valence-corrected chi connectivity index (χ0v) is 6.05. The summed E-state index contributed by atoms with van der Waals surface area (Å²) >= 11 is 0. The monoisotopic (exact) mass is 158 g/mol. The quantitative estimate of drug-likeness (QED) is 0.590. The highest BCUT2D eigenvalue weighted by Crippen LogP contribution is 2.09. The van der Waals surface area contributed by atoms with E-state index in [9.17, 15) is 0 Å². The maximum absolute atomic E-state index is 4.05. The third-order valence-electron chi connectivity index (χ3n) is 1.29. The maximum atomic E-state index is 4.05. The fraction of sp³-hybridized carbons (Fsp3) is 0. The summed E-state index contributed by atoms with van der Waals surface area (Å²) < 4.78 is 0. The van der Waals surface area contributed by atoms with E-state index < -0.39 is 0 Å². The fourth-order valence-electron chi connectivity index (χ4n) is 0.776. The molecule has 0 spiro atoms. The van der Waals surface area contributed by atoms with E-state index in [1.165, 1.54) is 6.20 Å². The van der Waals surface area contributed by atoms with Gasteiger partial charge in [0.2, 0.25) is 0 Å². The van der Waals surface area contributed by atoms with Crippen LogP contribution in [0.1, 0.15) is 0 Å². The molecule has 0 aliphatic heterocycles. The SMILES string of the molecule is [c]1nnncc1-c1cnccn1. The molecule has 2 aromatic heterocycles. The van der Waals surface area contributed by atoms with Gasteiger partial charge in [0.15, 0.2) is 0 Å². The molecule has 0 unspecified atom stereocenters. The predicted octanol–water partition coefficient (Wildman–Crippen LogP) is 0.129. The lowest BCUT2D eigenvalue weighted by Crippen LogP contribution is -1.89. The zero-order valence-electron chi connectivity index (χ0n) is 6.05. The van der Waals surface area contributed by atoms with Crippen LogP contribution in [0.4, 0.5) is 0 Å². The Morgan fingerprint density at radius 1 is 1.17 bits per heavy atom. The minimum absolute atomic E-state index is 0.693. The second-order valence-electron chi connectivity index (χ2n) is 2.05. The summed E-state index contributed by atoms with van der Waals surface area (Å²) in [6, 6.07) is 0. The first-order valence-corrected chi connectivity index (χ1v) is 3.29. The van der Waals surface area contributed by atoms with Crippen molar-refractivity contribution in [3.05, 3.63) is 31.0 Å². The molecule has 2 aromatic rings. The predicted molar refractivity (Wildman–Crippen MR) is 39.7 cm³/mol. The highest BCUT2D eigenvalue weighted by molar-refractivity contribution is 5.53. The van der Waals surface area contributed by atoms with Crippen molar-refractivity contribution in [2.75, 3.05) is 0 Å². The Balaban J connectivity index is 2.46. The molecule has 5 nitrogen and oxygen atoms in total. The van der Waals surface area contributed by atoms with Gasteiger partial charge in [-0.05, 0) is 5.21 Å². The summed E-state index contributed by atoms with van der Waals surface area (Å²) in [7, 11) is 0. The molecule has 0 aromatic carbocycles. The Morgan fingerprint density at radius 3 is 2.83 bits per heavy atom. The highest BCUT2D eigenvalue weighted by Gasteiger charge is 1.98. The molecule has 0 atom stereocenters. The van der Waals surface area contributed by atoms with Crippen molar-refractivity contribution in [2.24, 2.45) is 0 Å². The average molecular weight is 158 g/mol. The molecule has 1 radical (unpaired) electrons. The Hall–Kier alpha value is -1.91. The minimum Gasteiger partial charge on any atom is -0.261 e. The number of hydrogen-bond acceptors (Lipinski definition) is 5. The second kappa shape index (κ2) is 3.00. The molecule has 0 aliphatic rings. The van der Waals surface area contributed by atoms with Crippen LogP contribution in [-0.2, 0) is 0 Å². The average Bonchev–Trinajstić information content (AvgIpc) is 2.21. The van der Waals surface area contributed by atoms with Gasteiger partial charge < -0.3 is 0 Å². The molecule has 0 N–H and O–H groups in total. The molecule has 0 bridgehead atoms. The van der Waals surface area contributed by atoms with Crippen LogP contribution >= 0.6 is 0 Å². The third kappa shape index (κ3) is 1.24. The van der Waals surface area contributed by atoms with Gasteiger partial charge in [-0.15, -0.1) is 10.2 Å². The number of nitrogens with zero attached hydrogens (tertiary/aromatic N) is 5. The standard InChI is InChI=1S/C7H4N5/c1-2-9-7(5-8-1)6-3-10-12-11-4-6/h1-3,5H. The summed E-state index contributed by atoms with van der Waals surface area (Å²) in [6.07, 6.45) is 9.02. The Morgan fingerprint density at radius 2 is 2.17 bits per heavy atom. The van der Waals surface area contributed by atoms with Gasteiger partial charge in [0.05, 0.1) is 23.7 Å². The van der Waals surface area contributed by atoms with Crippen LogP contribution in [-0.4, -0.2) is 25.4 Å². The van der Waals surface area contributed by atoms with Gasteiger partial charge in [0, 0.05) is 12.4 Å². The van der Waals surface area contributed by atoms with Crippen molar-refractivity contribution >= 4 is 0 Å². The van der Waals surface area contributed by atoms with Crippen molar-refractivity contribution < 1.29 is 0 Å². The van der Waals surface area contributed by atoms with Gasteiger partial charge in [-0.1, -0.05) is 0 Å². The zero-order chi connectivity index (χ0) is 8.23. The first-order valence-electron chi connectivity index (χ1n) is 3.29. The largest absolute Gasteiger partial charge is 0.261 e. The lowest BCUT2D eigenvalue weighted by Gasteiger charge is -1.93. The van der Waals surface area contributed by atoms with Crippen molar-refractivity contribution in [3.8, 4) is 11.3 Å². The topological polar surface area (TPSA) is 64.5 Å². The molecule has 12 heavy (non-hydrogen) atoms. The molecule has 0 aliphatic carbocycles. The van der Waals surface area contributed by atoms with Crippen LogP contribution in [0.2, 0.25) is 0 Å². The molecule has 2 heterocycles. The number of hydrogen-bond donors (Lipinski definition) is 0. The molecule has 0 saturated heterocycles. The van der Waals surface area contributed by atoms with Crippen LogP contribution < -0.4 is 0 Å². The van der Waals surface area contributed by atoms with E-state index >= 15 is 0 Å². The Bertz CT molecular complexity index is 309. The number of aromatic nitrogens is 5. The summed E-state index contributed by atoms with van der Waals surface area (Å²) in [5.41, 5.74) is 1.39. The van der Waals surface area contributed by atoms with Gasteiger partial charge in [0.1, 0.15) is 6.20 Å². The summed E-state index contributed by atoms with van der Waals surface area (Å²) in [5, 5.41) is 10.5. The van der Waals surface area contributed by atoms with E-state index in [1.807, 2.05) is 0 Å². The highest BCUT2D eigenvalue weighted by atomic mass is 15.3. The van der Waals surface area contributed by atoms with Crippen molar-refractivity contribution in [1.82, 2.24) is 25.4 Å². The van der Waals surface area contributed by atoms with E-state index in [0.29, 0.717) is 11.3 Å². The molecular formula is C7H4N5. The smallest absolute Gasteiger partial charge is 0.127 e. The van der Waals surface area contributed by atoms with Gasteiger partial charge in [-0.25, -0.2) is 0 Å². The first-order chi connectivity index (χ1) is 5.97. The molecule has 0 amide bonds. The second-order valence-corrected chi connectivity index (χ2v) is 2.05. The van der Waals surface area contributed by atoms with Crippen molar-refractivity contribution in [2.45, 2.75) is 0 Å². The molecule has 5 heteroatoms. The molecule has 0 fully saturated rings. The van der Waals surface area contributed by atoms with Crippen LogP contribution in [0.5, 0.6) is 0 Å². The normalized spacial score (nSPS) is 9.67. The van der Waals surface area contributed by atoms with Crippen molar-refractivity contribution in [3.63, 3.8) is 0 Å². The van der Waals surface area contributed by atoms with Crippen LogP contribution in [0.25, 0.3) is 11.3 Å². The fourth-order valence-corrected chi connectivity index (χ4v) is 0.776. The van der Waals surface area contributed by atoms with Crippen molar-refractivity contribution in [1.29, 1.82) is 0 Å². The van der Waals surface area contributed by atoms with E-state index in [1.54, 1.807) is 18.6 Å². The lowest BCUT2D eigenvalue weighted by atomic mass is 10.3. The number of rotatable bonds is 1. The molecule has 0 saturated carbocycles. The molecular weight excluding hydrogens is 154 g/mol. The molecule has 57 valence electrons. The van der Waals surface area contributed by atoms with Gasteiger partial charge in [0.25, 0.3) is 0 Å². The summed E-state index contributed by atoms with van der Waals surface area (Å²) in [5.74, 6) is 0. The Labute approximate surface area is 68.5 Å². The van der Waals surface area contributed by atoms with E-state index in [4.69, 9.17) is 0 Å². The van der Waals surface area contributed by atoms with Crippen LogP contribution in [0, 0.1) is 6.20 Å². The van der Waals surface area contributed by atoms with E-state index in [-0.39, 0.29) is 0 Å². The van der Waals surface area contributed by atoms with E-state index in [0.717, 1.165) is 0 Å². The summed E-state index contributed by atoms with van der Waals surface area (Å²) in [4.78, 5) is 7.95. The van der Waals surface area contributed by atoms with Gasteiger partial charge >= 0.3 is 0 Å². The minimum atomic E-state index is 0.693. The van der Waals surface area contributed by atoms with E-state index in [2.05, 4.69) is 31.6 Å². The van der Waals surface area contributed by atoms with Crippen LogP contribution in [0.3, 0.4) is 0 Å². The van der Waals surface area contributed by atoms with Gasteiger partial charge in [-0.3, -0.25) is 9.97 Å². The first kappa shape index (κ1) is 6.78.